The maximum atomic E-state index is 13.0. The molecule has 2 aromatic heterocycles. The summed E-state index contributed by atoms with van der Waals surface area (Å²) in [5.41, 5.74) is 1.88. The molecule has 0 spiro atoms. The number of hydrogen-bond donors (Lipinski definition) is 4. The molecule has 4 rings (SSSR count). The van der Waals surface area contributed by atoms with Crippen LogP contribution >= 0.6 is 0 Å². The molecular formula is C22H16N6O6. The number of carbonyl (C=O) groups is 3. The Balaban J connectivity index is 1.62. The Morgan fingerprint density at radius 1 is 1.12 bits per heavy atom. The van der Waals surface area contributed by atoms with Crippen LogP contribution in [0.3, 0.4) is 0 Å². The summed E-state index contributed by atoms with van der Waals surface area (Å²) < 4.78 is 9.01. The topological polar surface area (TPSA) is 183 Å². The summed E-state index contributed by atoms with van der Waals surface area (Å²) in [6, 6.07) is 13.1. The highest BCUT2D eigenvalue weighted by Crippen LogP contribution is 2.28. The number of nitriles is 1. The summed E-state index contributed by atoms with van der Waals surface area (Å²) >= 11 is 0. The van der Waals surface area contributed by atoms with E-state index < -0.39 is 30.0 Å². The third-order valence-electron chi connectivity index (χ3n) is 4.80. The molecule has 0 saturated carbocycles. The predicted octanol–water partition coefficient (Wildman–Crippen LogP) is 2.14. The van der Waals surface area contributed by atoms with Crippen LogP contribution in [0.15, 0.2) is 51.8 Å². The molecule has 0 aliphatic heterocycles. The molecule has 0 aliphatic rings. The number of aromatic nitrogens is 3. The molecule has 2 heterocycles. The van der Waals surface area contributed by atoms with E-state index >= 15 is 0 Å². The number of carbonyl (C=O) groups excluding carboxylic acids is 3. The van der Waals surface area contributed by atoms with Gasteiger partial charge >= 0.3 is 11.7 Å². The van der Waals surface area contributed by atoms with Crippen molar-refractivity contribution in [1.29, 1.82) is 5.26 Å². The Hall–Kier alpha value is -5.18. The van der Waals surface area contributed by atoms with Gasteiger partial charge in [-0.3, -0.25) is 23.9 Å². The molecule has 12 heteroatoms. The largest absolute Gasteiger partial charge is 0.469 e. The van der Waals surface area contributed by atoms with Gasteiger partial charge in [-0.25, -0.2) is 4.79 Å². The Morgan fingerprint density at radius 3 is 2.65 bits per heavy atom. The van der Waals surface area contributed by atoms with E-state index in [4.69, 9.17) is 0 Å². The van der Waals surface area contributed by atoms with Crippen molar-refractivity contribution in [2.45, 2.75) is 6.42 Å². The van der Waals surface area contributed by atoms with Crippen molar-refractivity contribution in [1.82, 2.24) is 15.1 Å². The lowest BCUT2D eigenvalue weighted by Crippen LogP contribution is -2.17. The number of anilines is 2. The van der Waals surface area contributed by atoms with E-state index in [0.717, 1.165) is 0 Å². The Labute approximate surface area is 190 Å². The fraction of sp³-hybridized carbons (Fsp3) is 0.0909. The van der Waals surface area contributed by atoms with E-state index in [2.05, 4.69) is 35.0 Å². The van der Waals surface area contributed by atoms with Crippen molar-refractivity contribution in [3.8, 4) is 17.5 Å². The summed E-state index contributed by atoms with van der Waals surface area (Å²) in [6.45, 7) is 0. The average molecular weight is 460 g/mol. The van der Waals surface area contributed by atoms with Gasteiger partial charge in [-0.05, 0) is 30.3 Å². The van der Waals surface area contributed by atoms with Gasteiger partial charge in [0.1, 0.15) is 12.1 Å². The SMILES string of the molecule is COC(=O)CC(=O)Nc1cccc2cc(C(=O)Nc3ccc(C#N)cc3-c3noc(=O)[nH]3)[nH]c12. The molecule has 4 aromatic rings. The van der Waals surface area contributed by atoms with Crippen LogP contribution in [0.5, 0.6) is 0 Å². The van der Waals surface area contributed by atoms with Crippen LogP contribution in [0.2, 0.25) is 0 Å². The minimum atomic E-state index is -0.785. The van der Waals surface area contributed by atoms with Crippen LogP contribution in [0.1, 0.15) is 22.5 Å². The molecular weight excluding hydrogens is 444 g/mol. The third kappa shape index (κ3) is 4.53. The minimum Gasteiger partial charge on any atom is -0.469 e. The van der Waals surface area contributed by atoms with Crippen LogP contribution in [0, 0.1) is 11.3 Å². The number of nitrogens with zero attached hydrogens (tertiary/aromatic N) is 2. The molecule has 2 aromatic carbocycles. The summed E-state index contributed by atoms with van der Waals surface area (Å²) in [6.07, 6.45) is -0.452. The third-order valence-corrected chi connectivity index (χ3v) is 4.80. The molecule has 0 radical (unpaired) electrons. The molecule has 170 valence electrons. The van der Waals surface area contributed by atoms with Crippen molar-refractivity contribution in [2.75, 3.05) is 17.7 Å². The summed E-state index contributed by atoms with van der Waals surface area (Å²) in [5.74, 6) is -2.51. The first-order chi connectivity index (χ1) is 16.4. The first kappa shape index (κ1) is 22.0. The number of nitrogens with one attached hydrogen (secondary N) is 4. The molecule has 0 bridgehead atoms. The summed E-state index contributed by atoms with van der Waals surface area (Å²) in [4.78, 5) is 53.1. The van der Waals surface area contributed by atoms with Crippen molar-refractivity contribution in [2.24, 2.45) is 0 Å². The van der Waals surface area contributed by atoms with Gasteiger partial charge in [0.2, 0.25) is 5.91 Å². The fourth-order valence-electron chi connectivity index (χ4n) is 3.23. The van der Waals surface area contributed by atoms with Crippen molar-refractivity contribution < 1.29 is 23.6 Å². The van der Waals surface area contributed by atoms with Crippen LogP contribution in [-0.4, -0.2) is 40.0 Å². The van der Waals surface area contributed by atoms with Crippen LogP contribution in [-0.2, 0) is 14.3 Å². The van der Waals surface area contributed by atoms with Gasteiger partial charge in [-0.15, -0.1) is 0 Å². The molecule has 0 aliphatic carbocycles. The second kappa shape index (κ2) is 9.13. The zero-order valence-corrected chi connectivity index (χ0v) is 17.6. The van der Waals surface area contributed by atoms with E-state index in [0.29, 0.717) is 16.6 Å². The van der Waals surface area contributed by atoms with Gasteiger partial charge in [0.15, 0.2) is 5.82 Å². The number of ether oxygens (including phenoxy) is 1. The normalized spacial score (nSPS) is 10.5. The lowest BCUT2D eigenvalue weighted by molar-refractivity contribution is -0.142. The quantitative estimate of drug-likeness (QED) is 0.249. The van der Waals surface area contributed by atoms with E-state index in [1.54, 1.807) is 24.3 Å². The Bertz CT molecular complexity index is 1520. The molecule has 0 unspecified atom stereocenters. The van der Waals surface area contributed by atoms with Crippen molar-refractivity contribution >= 4 is 40.1 Å². The molecule has 34 heavy (non-hydrogen) atoms. The lowest BCUT2D eigenvalue weighted by Gasteiger charge is -2.09. The zero-order chi connectivity index (χ0) is 24.2. The second-order valence-corrected chi connectivity index (χ2v) is 7.02. The lowest BCUT2D eigenvalue weighted by atomic mass is 10.1. The molecule has 2 amide bonds. The van der Waals surface area contributed by atoms with Gasteiger partial charge in [0.05, 0.1) is 35.6 Å². The highest BCUT2D eigenvalue weighted by molar-refractivity contribution is 6.10. The number of aromatic amines is 2. The number of esters is 1. The van der Waals surface area contributed by atoms with Gasteiger partial charge in [0, 0.05) is 10.9 Å². The monoisotopic (exact) mass is 460 g/mol. The predicted molar refractivity (Wildman–Crippen MR) is 119 cm³/mol. The number of amides is 2. The number of H-pyrrole nitrogens is 2. The molecule has 12 nitrogen and oxygen atoms in total. The smallest absolute Gasteiger partial charge is 0.439 e. The first-order valence-electron chi connectivity index (χ1n) is 9.78. The van der Waals surface area contributed by atoms with Crippen molar-refractivity contribution in [3.05, 3.63) is 64.3 Å². The van der Waals surface area contributed by atoms with Crippen LogP contribution in [0.4, 0.5) is 11.4 Å². The number of benzene rings is 2. The second-order valence-electron chi connectivity index (χ2n) is 7.02. The van der Waals surface area contributed by atoms with E-state index in [1.165, 1.54) is 25.3 Å². The van der Waals surface area contributed by atoms with Crippen LogP contribution in [0.25, 0.3) is 22.3 Å². The molecule has 4 N–H and O–H groups in total. The number of hydrogen-bond acceptors (Lipinski definition) is 8. The first-order valence-corrected chi connectivity index (χ1v) is 9.78. The number of fused-ring (bicyclic) bond motifs is 1. The molecule has 0 atom stereocenters. The van der Waals surface area contributed by atoms with Gasteiger partial charge < -0.3 is 20.4 Å². The summed E-state index contributed by atoms with van der Waals surface area (Å²) in [5, 5.41) is 18.8. The Morgan fingerprint density at radius 2 is 1.94 bits per heavy atom. The highest BCUT2D eigenvalue weighted by atomic mass is 16.5. The summed E-state index contributed by atoms with van der Waals surface area (Å²) in [7, 11) is 1.19. The number of rotatable bonds is 6. The standard InChI is InChI=1S/C22H16N6O6/c1-33-18(30)9-17(29)24-15-4-2-3-12-8-16(25-19(12)15)21(31)26-14-6-5-11(10-23)7-13(14)20-27-22(32)34-28-20/h2-8,25H,9H2,1H3,(H,24,29)(H,26,31)(H,27,28,32). The van der Waals surface area contributed by atoms with E-state index in [-0.39, 0.29) is 28.3 Å². The molecule has 0 fully saturated rings. The van der Waals surface area contributed by atoms with E-state index in [1.807, 2.05) is 6.07 Å². The maximum Gasteiger partial charge on any atom is 0.439 e. The minimum absolute atomic E-state index is 0.0460. The highest BCUT2D eigenvalue weighted by Gasteiger charge is 2.18. The fourth-order valence-corrected chi connectivity index (χ4v) is 3.23. The zero-order valence-electron chi connectivity index (χ0n) is 17.6. The molecule has 0 saturated heterocycles. The average Bonchev–Trinajstić information content (AvgIpc) is 3.46. The number of methoxy groups -OCH3 is 1. The van der Waals surface area contributed by atoms with E-state index in [9.17, 15) is 24.4 Å². The van der Waals surface area contributed by atoms with Gasteiger partial charge in [0.25, 0.3) is 5.91 Å². The Kier molecular flexibility index (Phi) is 5.91. The van der Waals surface area contributed by atoms with Gasteiger partial charge in [-0.2, -0.15) is 5.26 Å². The number of para-hydroxylation sites is 1. The van der Waals surface area contributed by atoms with Crippen LogP contribution < -0.4 is 16.4 Å². The van der Waals surface area contributed by atoms with Crippen molar-refractivity contribution in [3.63, 3.8) is 0 Å². The maximum absolute atomic E-state index is 13.0. The van der Waals surface area contributed by atoms with Gasteiger partial charge in [-0.1, -0.05) is 17.3 Å².